The minimum Gasteiger partial charge on any atom is -0.466 e. The van der Waals surface area contributed by atoms with Gasteiger partial charge in [-0.15, -0.1) is 10.2 Å². The van der Waals surface area contributed by atoms with Crippen molar-refractivity contribution in [1.29, 1.82) is 0 Å². The van der Waals surface area contributed by atoms with Gasteiger partial charge in [-0.25, -0.2) is 4.79 Å². The molecular weight excluding hydrogens is 158 g/mol. The molecule has 0 spiro atoms. The van der Waals surface area contributed by atoms with Gasteiger partial charge < -0.3 is 4.74 Å². The fourth-order valence-corrected chi connectivity index (χ4v) is 0.561. The Morgan fingerprint density at radius 3 is 3.08 bits per heavy atom. The molecule has 62 valence electrons. The zero-order chi connectivity index (χ0) is 8.81. The first-order valence-corrected chi connectivity index (χ1v) is 3.23. The van der Waals surface area contributed by atoms with Gasteiger partial charge in [-0.3, -0.25) is 0 Å². The molecule has 0 N–H and O–H groups in total. The third kappa shape index (κ3) is 2.45. The van der Waals surface area contributed by atoms with Crippen molar-refractivity contribution in [2.45, 2.75) is 0 Å². The zero-order valence-corrected chi connectivity index (χ0v) is 6.47. The summed E-state index contributed by atoms with van der Waals surface area (Å²) in [5.41, 5.74) is 0.565. The summed E-state index contributed by atoms with van der Waals surface area (Å²) in [6.07, 6.45) is 4.26. The van der Waals surface area contributed by atoms with Crippen molar-refractivity contribution in [1.82, 2.24) is 15.4 Å². The maximum absolute atomic E-state index is 10.6. The van der Waals surface area contributed by atoms with Crippen LogP contribution in [0.2, 0.25) is 0 Å². The summed E-state index contributed by atoms with van der Waals surface area (Å²) in [6, 6.07) is 1.63. The fourth-order valence-electron chi connectivity index (χ4n) is 0.561. The van der Waals surface area contributed by atoms with E-state index in [-0.39, 0.29) is 0 Å². The Labute approximate surface area is 69.1 Å². The van der Waals surface area contributed by atoms with Gasteiger partial charge in [0, 0.05) is 6.08 Å². The lowest BCUT2D eigenvalue weighted by Crippen LogP contribution is -1.94. The molecule has 1 heterocycles. The van der Waals surface area contributed by atoms with Crippen molar-refractivity contribution in [3.8, 4) is 0 Å². The Morgan fingerprint density at radius 2 is 2.50 bits per heavy atom. The van der Waals surface area contributed by atoms with Crippen LogP contribution in [0.3, 0.4) is 0 Å². The van der Waals surface area contributed by atoms with Crippen molar-refractivity contribution in [2.24, 2.45) is 0 Å². The number of hydrogen-bond donors (Lipinski definition) is 0. The fraction of sp³-hybridized carbons (Fsp3) is 0.143. The molecule has 0 unspecified atom stereocenters. The molecule has 12 heavy (non-hydrogen) atoms. The lowest BCUT2D eigenvalue weighted by Gasteiger charge is -1.89. The minimum atomic E-state index is -0.423. The second-order valence-corrected chi connectivity index (χ2v) is 1.90. The molecule has 0 aliphatic rings. The van der Waals surface area contributed by atoms with Crippen molar-refractivity contribution < 1.29 is 9.53 Å². The molecular formula is C7H7N3O2. The van der Waals surface area contributed by atoms with E-state index in [0.29, 0.717) is 5.69 Å². The molecule has 0 radical (unpaired) electrons. The number of ether oxygens (including phenoxy) is 1. The van der Waals surface area contributed by atoms with Crippen LogP contribution >= 0.6 is 0 Å². The van der Waals surface area contributed by atoms with Gasteiger partial charge in [0.15, 0.2) is 0 Å². The summed E-state index contributed by atoms with van der Waals surface area (Å²) in [6.45, 7) is 0. The Bertz CT molecular complexity index is 284. The Morgan fingerprint density at radius 1 is 1.67 bits per heavy atom. The van der Waals surface area contributed by atoms with E-state index in [4.69, 9.17) is 0 Å². The highest BCUT2D eigenvalue weighted by Crippen LogP contribution is 1.92. The normalized spacial score (nSPS) is 10.1. The van der Waals surface area contributed by atoms with E-state index in [2.05, 4.69) is 20.1 Å². The average molecular weight is 165 g/mol. The van der Waals surface area contributed by atoms with Crippen LogP contribution in [0, 0.1) is 0 Å². The summed E-state index contributed by atoms with van der Waals surface area (Å²) >= 11 is 0. The van der Waals surface area contributed by atoms with E-state index >= 15 is 0 Å². The van der Waals surface area contributed by atoms with E-state index < -0.39 is 5.97 Å². The quantitative estimate of drug-likeness (QED) is 0.458. The molecule has 1 aromatic heterocycles. The largest absolute Gasteiger partial charge is 0.466 e. The monoisotopic (exact) mass is 165 g/mol. The highest BCUT2D eigenvalue weighted by molar-refractivity contribution is 5.86. The van der Waals surface area contributed by atoms with Gasteiger partial charge >= 0.3 is 5.97 Å². The first-order chi connectivity index (χ1) is 5.83. The van der Waals surface area contributed by atoms with Crippen molar-refractivity contribution >= 4 is 12.0 Å². The molecule has 5 heteroatoms. The number of carbonyl (C=O) groups excluding carboxylic acids is 1. The van der Waals surface area contributed by atoms with Crippen molar-refractivity contribution in [3.05, 3.63) is 24.0 Å². The van der Waals surface area contributed by atoms with Crippen molar-refractivity contribution in [3.63, 3.8) is 0 Å². The molecule has 0 aromatic carbocycles. The van der Waals surface area contributed by atoms with Gasteiger partial charge in [0.2, 0.25) is 0 Å². The zero-order valence-electron chi connectivity index (χ0n) is 6.47. The topological polar surface area (TPSA) is 65.0 Å². The van der Waals surface area contributed by atoms with Crippen LogP contribution in [-0.4, -0.2) is 28.5 Å². The Hall–Kier alpha value is -1.78. The molecule has 0 saturated heterocycles. The summed E-state index contributed by atoms with van der Waals surface area (Å²) in [7, 11) is 1.31. The standard InChI is InChI=1S/C7H7N3O2/c1-12-7(11)3-2-6-4-5-8-10-9-6/h2-5H,1H3. The van der Waals surface area contributed by atoms with Crippen LogP contribution in [0.5, 0.6) is 0 Å². The van der Waals surface area contributed by atoms with E-state index in [0.717, 1.165) is 0 Å². The minimum absolute atomic E-state index is 0.423. The van der Waals surface area contributed by atoms with Crippen LogP contribution < -0.4 is 0 Å². The third-order valence-electron chi connectivity index (χ3n) is 1.12. The van der Waals surface area contributed by atoms with Crippen molar-refractivity contribution in [2.75, 3.05) is 7.11 Å². The molecule has 0 atom stereocenters. The van der Waals surface area contributed by atoms with E-state index in [1.165, 1.54) is 25.5 Å². The first kappa shape index (κ1) is 8.32. The number of methoxy groups -OCH3 is 1. The molecule has 0 bridgehead atoms. The van der Waals surface area contributed by atoms with Gasteiger partial charge in [-0.2, -0.15) is 0 Å². The van der Waals surface area contributed by atoms with E-state index in [1.54, 1.807) is 6.07 Å². The number of nitrogens with zero attached hydrogens (tertiary/aromatic N) is 3. The van der Waals surface area contributed by atoms with Gasteiger partial charge in [0.25, 0.3) is 0 Å². The molecule has 0 saturated carbocycles. The van der Waals surface area contributed by atoms with Crippen LogP contribution in [0.25, 0.3) is 6.08 Å². The number of rotatable bonds is 2. The van der Waals surface area contributed by atoms with Crippen LogP contribution in [-0.2, 0) is 9.53 Å². The highest BCUT2D eigenvalue weighted by Gasteiger charge is 1.91. The van der Waals surface area contributed by atoms with Gasteiger partial charge in [0.05, 0.1) is 19.0 Å². The molecule has 0 aliphatic carbocycles. The summed E-state index contributed by atoms with van der Waals surface area (Å²) in [4.78, 5) is 10.6. The highest BCUT2D eigenvalue weighted by atomic mass is 16.5. The van der Waals surface area contributed by atoms with E-state index in [9.17, 15) is 4.79 Å². The lowest BCUT2D eigenvalue weighted by molar-refractivity contribution is -0.134. The lowest BCUT2D eigenvalue weighted by atomic mass is 10.4. The predicted molar refractivity (Wildman–Crippen MR) is 40.9 cm³/mol. The Kier molecular flexibility index (Phi) is 2.89. The number of esters is 1. The third-order valence-corrected chi connectivity index (χ3v) is 1.12. The second-order valence-electron chi connectivity index (χ2n) is 1.90. The Balaban J connectivity index is 2.64. The molecule has 0 amide bonds. The van der Waals surface area contributed by atoms with Crippen LogP contribution in [0.15, 0.2) is 18.3 Å². The summed E-state index contributed by atoms with van der Waals surface area (Å²) in [5.74, 6) is -0.423. The van der Waals surface area contributed by atoms with Gasteiger partial charge in [-0.1, -0.05) is 0 Å². The molecule has 1 aromatic rings. The van der Waals surface area contributed by atoms with E-state index in [1.807, 2.05) is 0 Å². The number of aromatic nitrogens is 3. The maximum Gasteiger partial charge on any atom is 0.330 e. The van der Waals surface area contributed by atoms with Crippen LogP contribution in [0.1, 0.15) is 5.69 Å². The molecule has 0 fully saturated rings. The first-order valence-electron chi connectivity index (χ1n) is 3.23. The predicted octanol–water partition coefficient (Wildman–Crippen LogP) is 0.0578. The SMILES string of the molecule is COC(=O)C=Cc1ccnnn1. The number of hydrogen-bond acceptors (Lipinski definition) is 5. The van der Waals surface area contributed by atoms with Crippen LogP contribution in [0.4, 0.5) is 0 Å². The van der Waals surface area contributed by atoms with Gasteiger partial charge in [-0.05, 0) is 17.4 Å². The molecule has 0 aliphatic heterocycles. The smallest absolute Gasteiger partial charge is 0.330 e. The maximum atomic E-state index is 10.6. The second kappa shape index (κ2) is 4.17. The number of carbonyl (C=O) groups is 1. The average Bonchev–Trinajstić information content (AvgIpc) is 2.16. The summed E-state index contributed by atoms with van der Waals surface area (Å²) < 4.78 is 4.38. The van der Waals surface area contributed by atoms with Gasteiger partial charge in [0.1, 0.15) is 0 Å². The summed E-state index contributed by atoms with van der Waals surface area (Å²) in [5, 5.41) is 10.5. The molecule has 1 rings (SSSR count). The molecule has 5 nitrogen and oxygen atoms in total.